The maximum Gasteiger partial charge on any atom is 0.191 e. The first-order valence-corrected chi connectivity index (χ1v) is 9.58. The molecule has 0 bridgehead atoms. The quantitative estimate of drug-likeness (QED) is 0.354. The maximum atomic E-state index is 5.82. The Hall–Kier alpha value is -0.120. The predicted molar refractivity (Wildman–Crippen MR) is 116 cm³/mol. The summed E-state index contributed by atoms with van der Waals surface area (Å²) < 4.78 is 5.82. The summed E-state index contributed by atoms with van der Waals surface area (Å²) in [6, 6.07) is 0. The number of piperidine rings is 1. The number of halogens is 1. The van der Waals surface area contributed by atoms with Crippen molar-refractivity contribution in [3.8, 4) is 0 Å². The van der Waals surface area contributed by atoms with Gasteiger partial charge in [0.2, 0.25) is 0 Å². The molecule has 2 rings (SSSR count). The molecule has 2 fully saturated rings. The molecule has 2 saturated heterocycles. The van der Waals surface area contributed by atoms with Crippen molar-refractivity contribution >= 4 is 29.9 Å². The van der Waals surface area contributed by atoms with Crippen LogP contribution in [-0.4, -0.2) is 86.9 Å². The largest absolute Gasteiger partial charge is 0.374 e. The molecule has 0 saturated carbocycles. The number of aliphatic imine (C=N–C) groups is 1. The number of likely N-dealkylation sites (tertiary alicyclic amines) is 1. The topological polar surface area (TPSA) is 52.1 Å². The van der Waals surface area contributed by atoms with Crippen molar-refractivity contribution in [3.05, 3.63) is 0 Å². The lowest BCUT2D eigenvalue weighted by molar-refractivity contribution is -0.0161. The lowest BCUT2D eigenvalue weighted by atomic mass is 9.99. The van der Waals surface area contributed by atoms with Crippen LogP contribution in [0.2, 0.25) is 0 Å². The van der Waals surface area contributed by atoms with Crippen molar-refractivity contribution in [2.24, 2.45) is 4.99 Å². The standard InChI is InChI=1S/C18H37N5O.HI/c1-5-19-17(20-13-16-14-22(4)11-12-24-16)21-15-18(2,3)23-9-7-6-8-10-23;/h16H,5-15H2,1-4H3,(H2,19,20,21);1H. The number of hydrogen-bond donors (Lipinski definition) is 2. The van der Waals surface area contributed by atoms with Gasteiger partial charge in [-0.3, -0.25) is 9.89 Å². The smallest absolute Gasteiger partial charge is 0.191 e. The summed E-state index contributed by atoms with van der Waals surface area (Å²) in [6.07, 6.45) is 4.24. The molecule has 2 aliphatic heterocycles. The van der Waals surface area contributed by atoms with Gasteiger partial charge in [0.05, 0.1) is 19.3 Å². The molecule has 148 valence electrons. The van der Waals surface area contributed by atoms with E-state index < -0.39 is 0 Å². The van der Waals surface area contributed by atoms with E-state index in [0.717, 1.165) is 45.3 Å². The Morgan fingerprint density at radius 3 is 2.52 bits per heavy atom. The van der Waals surface area contributed by atoms with Crippen LogP contribution in [0.3, 0.4) is 0 Å². The minimum Gasteiger partial charge on any atom is -0.374 e. The Balaban J connectivity index is 0.00000312. The van der Waals surface area contributed by atoms with Crippen LogP contribution in [0, 0.1) is 0 Å². The monoisotopic (exact) mass is 467 g/mol. The fourth-order valence-electron chi connectivity index (χ4n) is 3.41. The number of ether oxygens (including phenoxy) is 1. The number of likely N-dealkylation sites (N-methyl/N-ethyl adjacent to an activating group) is 1. The van der Waals surface area contributed by atoms with Crippen molar-refractivity contribution in [2.75, 3.05) is 59.5 Å². The predicted octanol–water partition coefficient (Wildman–Crippen LogP) is 1.75. The van der Waals surface area contributed by atoms with E-state index in [1.807, 2.05) is 0 Å². The third-order valence-corrected chi connectivity index (χ3v) is 5.02. The minimum atomic E-state index is 0. The molecule has 1 atom stereocenters. The van der Waals surface area contributed by atoms with E-state index in [0.29, 0.717) is 0 Å². The Morgan fingerprint density at radius 1 is 1.16 bits per heavy atom. The summed E-state index contributed by atoms with van der Waals surface area (Å²) >= 11 is 0. The first-order chi connectivity index (χ1) is 11.5. The van der Waals surface area contributed by atoms with Crippen LogP contribution >= 0.6 is 24.0 Å². The second kappa shape index (κ2) is 11.6. The van der Waals surface area contributed by atoms with Gasteiger partial charge >= 0.3 is 0 Å². The molecular weight excluding hydrogens is 429 g/mol. The average molecular weight is 467 g/mol. The molecule has 2 heterocycles. The van der Waals surface area contributed by atoms with Gasteiger partial charge in [-0.05, 0) is 53.8 Å². The van der Waals surface area contributed by atoms with Gasteiger partial charge in [-0.1, -0.05) is 6.42 Å². The van der Waals surface area contributed by atoms with Gasteiger partial charge in [0.15, 0.2) is 5.96 Å². The highest BCUT2D eigenvalue weighted by molar-refractivity contribution is 14.0. The van der Waals surface area contributed by atoms with Crippen molar-refractivity contribution in [1.82, 2.24) is 20.4 Å². The molecule has 0 aromatic rings. The zero-order chi connectivity index (χ0) is 17.4. The molecule has 25 heavy (non-hydrogen) atoms. The van der Waals surface area contributed by atoms with Gasteiger partial charge in [0.1, 0.15) is 0 Å². The number of morpholine rings is 1. The molecule has 0 amide bonds. The number of hydrogen-bond acceptors (Lipinski definition) is 4. The normalized spacial score (nSPS) is 23.8. The third kappa shape index (κ3) is 7.97. The van der Waals surface area contributed by atoms with Crippen LogP contribution in [0.25, 0.3) is 0 Å². The van der Waals surface area contributed by atoms with Crippen LogP contribution in [0.5, 0.6) is 0 Å². The summed E-state index contributed by atoms with van der Waals surface area (Å²) in [5.74, 6) is 0.902. The van der Waals surface area contributed by atoms with Gasteiger partial charge in [0, 0.05) is 31.7 Å². The Kier molecular flexibility index (Phi) is 10.6. The van der Waals surface area contributed by atoms with Crippen LogP contribution in [-0.2, 0) is 4.74 Å². The van der Waals surface area contributed by atoms with E-state index in [-0.39, 0.29) is 35.6 Å². The Bertz CT molecular complexity index is 399. The molecule has 0 aliphatic carbocycles. The summed E-state index contributed by atoms with van der Waals surface area (Å²) in [6.45, 7) is 14.4. The lowest BCUT2D eigenvalue weighted by Crippen LogP contribution is -2.51. The Labute approximate surface area is 171 Å². The van der Waals surface area contributed by atoms with Crippen LogP contribution in [0.1, 0.15) is 40.0 Å². The van der Waals surface area contributed by atoms with E-state index in [1.54, 1.807) is 0 Å². The molecule has 0 spiro atoms. The van der Waals surface area contributed by atoms with Crippen LogP contribution < -0.4 is 10.6 Å². The number of rotatable bonds is 6. The summed E-state index contributed by atoms with van der Waals surface area (Å²) in [7, 11) is 2.15. The molecule has 0 radical (unpaired) electrons. The fourth-order valence-corrected chi connectivity index (χ4v) is 3.41. The lowest BCUT2D eigenvalue weighted by Gasteiger charge is -2.40. The van der Waals surface area contributed by atoms with E-state index >= 15 is 0 Å². The molecule has 0 aromatic heterocycles. The summed E-state index contributed by atoms with van der Waals surface area (Å²) in [5.41, 5.74) is 0.115. The zero-order valence-electron chi connectivity index (χ0n) is 16.5. The van der Waals surface area contributed by atoms with E-state index in [1.165, 1.54) is 32.4 Å². The third-order valence-electron chi connectivity index (χ3n) is 5.02. The van der Waals surface area contributed by atoms with Crippen molar-refractivity contribution in [3.63, 3.8) is 0 Å². The summed E-state index contributed by atoms with van der Waals surface area (Å²) in [5, 5.41) is 6.82. The molecule has 6 nitrogen and oxygen atoms in total. The first-order valence-electron chi connectivity index (χ1n) is 9.58. The van der Waals surface area contributed by atoms with Crippen molar-refractivity contribution in [1.29, 1.82) is 0 Å². The molecule has 7 heteroatoms. The van der Waals surface area contributed by atoms with Gasteiger partial charge < -0.3 is 20.3 Å². The SMILES string of the molecule is CCNC(=NCC(C)(C)N1CCCCC1)NCC1CN(C)CCO1.I. The highest BCUT2D eigenvalue weighted by Crippen LogP contribution is 2.20. The maximum absolute atomic E-state index is 5.82. The van der Waals surface area contributed by atoms with Crippen LogP contribution in [0.15, 0.2) is 4.99 Å². The number of nitrogens with one attached hydrogen (secondary N) is 2. The second-order valence-electron chi connectivity index (χ2n) is 7.69. The van der Waals surface area contributed by atoms with Gasteiger partial charge in [-0.25, -0.2) is 0 Å². The molecule has 2 aliphatic rings. The minimum absolute atomic E-state index is 0. The van der Waals surface area contributed by atoms with Crippen molar-refractivity contribution in [2.45, 2.75) is 51.7 Å². The van der Waals surface area contributed by atoms with E-state index in [2.05, 4.69) is 48.3 Å². The second-order valence-corrected chi connectivity index (χ2v) is 7.69. The van der Waals surface area contributed by atoms with Crippen molar-refractivity contribution < 1.29 is 4.74 Å². The molecular formula is C18H38IN5O. The molecule has 2 N–H and O–H groups in total. The van der Waals surface area contributed by atoms with Gasteiger partial charge in [0.25, 0.3) is 0 Å². The molecule has 1 unspecified atom stereocenters. The number of guanidine groups is 1. The van der Waals surface area contributed by atoms with Crippen LogP contribution in [0.4, 0.5) is 0 Å². The average Bonchev–Trinajstić information content (AvgIpc) is 2.58. The van der Waals surface area contributed by atoms with Gasteiger partial charge in [-0.15, -0.1) is 24.0 Å². The fraction of sp³-hybridized carbons (Fsp3) is 0.944. The van der Waals surface area contributed by atoms with E-state index in [9.17, 15) is 0 Å². The Morgan fingerprint density at radius 2 is 1.88 bits per heavy atom. The van der Waals surface area contributed by atoms with E-state index in [4.69, 9.17) is 9.73 Å². The highest BCUT2D eigenvalue weighted by atomic mass is 127. The molecule has 0 aromatic carbocycles. The first kappa shape index (κ1) is 22.9. The summed E-state index contributed by atoms with van der Waals surface area (Å²) in [4.78, 5) is 9.75. The number of nitrogens with zero attached hydrogens (tertiary/aromatic N) is 3. The highest BCUT2D eigenvalue weighted by Gasteiger charge is 2.27. The van der Waals surface area contributed by atoms with Gasteiger partial charge in [-0.2, -0.15) is 0 Å². The zero-order valence-corrected chi connectivity index (χ0v) is 18.8.